The van der Waals surface area contributed by atoms with Crippen molar-refractivity contribution in [3.63, 3.8) is 0 Å². The zero-order valence-corrected chi connectivity index (χ0v) is 7.72. The van der Waals surface area contributed by atoms with Gasteiger partial charge in [-0.25, -0.2) is 0 Å². The predicted octanol–water partition coefficient (Wildman–Crippen LogP) is 2.79. The van der Waals surface area contributed by atoms with Crippen LogP contribution in [0, 0.1) is 0 Å². The van der Waals surface area contributed by atoms with Gasteiger partial charge in [-0.3, -0.25) is 9.97 Å². The molecule has 0 radical (unpaired) electrons. The fraction of sp³-hybridized carbons (Fsp3) is 0. The highest BCUT2D eigenvalue weighted by Crippen LogP contribution is 2.20. The van der Waals surface area contributed by atoms with E-state index in [0.717, 1.165) is 16.8 Å². The minimum Gasteiger partial charge on any atom is -0.264 e. The van der Waals surface area contributed by atoms with Gasteiger partial charge in [0, 0.05) is 29.7 Å². The second kappa shape index (κ2) is 3.83. The van der Waals surface area contributed by atoms with Gasteiger partial charge in [0.05, 0.1) is 5.69 Å². The molecule has 0 saturated carbocycles. The second-order valence-electron chi connectivity index (χ2n) is 2.89. The second-order valence-corrected chi connectivity index (χ2v) is 2.89. The van der Waals surface area contributed by atoms with Crippen LogP contribution in [0.4, 0.5) is 0 Å². The molecule has 0 atom stereocenters. The lowest BCUT2D eigenvalue weighted by molar-refractivity contribution is 1.27. The van der Waals surface area contributed by atoms with Crippen LogP contribution in [-0.4, -0.2) is 9.97 Å². The van der Waals surface area contributed by atoms with Gasteiger partial charge in [0.1, 0.15) is 0 Å². The summed E-state index contributed by atoms with van der Waals surface area (Å²) in [6, 6.07) is 7.78. The molecule has 2 aromatic heterocycles. The largest absolute Gasteiger partial charge is 0.264 e. The first-order valence-corrected chi connectivity index (χ1v) is 4.39. The monoisotopic (exact) mass is 182 g/mol. The Hall–Kier alpha value is -1.96. The van der Waals surface area contributed by atoms with Crippen LogP contribution in [-0.2, 0) is 0 Å². The maximum Gasteiger partial charge on any atom is 0.0789 e. The molecule has 0 unspecified atom stereocenters. The normalized spacial score (nSPS) is 9.71. The molecule has 0 aliphatic heterocycles. The number of aromatic nitrogens is 2. The molecule has 14 heavy (non-hydrogen) atoms. The molecule has 2 nitrogen and oxygen atoms in total. The molecule has 0 bridgehead atoms. The highest BCUT2D eigenvalue weighted by atomic mass is 14.7. The summed E-state index contributed by atoms with van der Waals surface area (Å²) in [4.78, 5) is 8.37. The van der Waals surface area contributed by atoms with E-state index in [9.17, 15) is 0 Å². The smallest absolute Gasteiger partial charge is 0.0789 e. The zero-order chi connectivity index (χ0) is 9.80. The molecule has 0 aliphatic carbocycles. The third-order valence-electron chi connectivity index (χ3n) is 1.99. The summed E-state index contributed by atoms with van der Waals surface area (Å²) in [6.45, 7) is 3.76. The summed E-state index contributed by atoms with van der Waals surface area (Å²) in [5.74, 6) is 0. The summed E-state index contributed by atoms with van der Waals surface area (Å²) >= 11 is 0. The zero-order valence-electron chi connectivity index (χ0n) is 7.72. The molecule has 68 valence electrons. The molecular weight excluding hydrogens is 172 g/mol. The van der Waals surface area contributed by atoms with E-state index >= 15 is 0 Å². The van der Waals surface area contributed by atoms with Crippen LogP contribution < -0.4 is 0 Å². The van der Waals surface area contributed by atoms with Gasteiger partial charge in [-0.1, -0.05) is 18.7 Å². The lowest BCUT2D eigenvalue weighted by Crippen LogP contribution is -1.87. The molecule has 0 spiro atoms. The lowest BCUT2D eigenvalue weighted by Gasteiger charge is -2.03. The fourth-order valence-electron chi connectivity index (χ4n) is 1.33. The number of nitrogens with zero attached hydrogens (tertiary/aromatic N) is 2. The van der Waals surface area contributed by atoms with E-state index in [1.165, 1.54) is 0 Å². The van der Waals surface area contributed by atoms with Crippen molar-refractivity contribution in [1.29, 1.82) is 0 Å². The molecule has 0 N–H and O–H groups in total. The van der Waals surface area contributed by atoms with Gasteiger partial charge in [-0.05, 0) is 18.2 Å². The standard InChI is InChI=1S/C12H10N2/c1-2-10-5-4-8-14-12(10)11-6-3-7-13-9-11/h2-9H,1H2. The van der Waals surface area contributed by atoms with Crippen molar-refractivity contribution in [2.75, 3.05) is 0 Å². The van der Waals surface area contributed by atoms with Crippen molar-refractivity contribution in [1.82, 2.24) is 9.97 Å². The van der Waals surface area contributed by atoms with Gasteiger partial charge < -0.3 is 0 Å². The highest BCUT2D eigenvalue weighted by molar-refractivity contribution is 5.70. The quantitative estimate of drug-likeness (QED) is 0.713. The lowest BCUT2D eigenvalue weighted by atomic mass is 10.1. The van der Waals surface area contributed by atoms with E-state index in [1.54, 1.807) is 24.7 Å². The summed E-state index contributed by atoms with van der Waals surface area (Å²) in [5, 5.41) is 0. The van der Waals surface area contributed by atoms with E-state index < -0.39 is 0 Å². The predicted molar refractivity (Wildman–Crippen MR) is 57.6 cm³/mol. The summed E-state index contributed by atoms with van der Waals surface area (Å²) in [6.07, 6.45) is 7.13. The molecule has 2 heterocycles. The van der Waals surface area contributed by atoms with E-state index in [0.29, 0.717) is 0 Å². The molecule has 2 heteroatoms. The average Bonchev–Trinajstić information content (AvgIpc) is 2.30. The Labute approximate surface area is 83.0 Å². The molecular formula is C12H10N2. The van der Waals surface area contributed by atoms with Crippen LogP contribution in [0.5, 0.6) is 0 Å². The van der Waals surface area contributed by atoms with Crippen LogP contribution in [0.15, 0.2) is 49.4 Å². The topological polar surface area (TPSA) is 25.8 Å². The fourth-order valence-corrected chi connectivity index (χ4v) is 1.33. The van der Waals surface area contributed by atoms with Crippen molar-refractivity contribution < 1.29 is 0 Å². The molecule has 2 aromatic rings. The molecule has 0 aromatic carbocycles. The highest BCUT2D eigenvalue weighted by Gasteiger charge is 2.01. The van der Waals surface area contributed by atoms with Crippen molar-refractivity contribution >= 4 is 6.08 Å². The Bertz CT molecular complexity index is 435. The van der Waals surface area contributed by atoms with Gasteiger partial charge in [-0.15, -0.1) is 0 Å². The minimum atomic E-state index is 0.926. The third-order valence-corrected chi connectivity index (χ3v) is 1.99. The molecule has 0 fully saturated rings. The first-order chi connectivity index (χ1) is 6.92. The van der Waals surface area contributed by atoms with Crippen LogP contribution in [0.3, 0.4) is 0 Å². The van der Waals surface area contributed by atoms with E-state index in [-0.39, 0.29) is 0 Å². The average molecular weight is 182 g/mol. The van der Waals surface area contributed by atoms with E-state index in [2.05, 4.69) is 16.5 Å². The maximum absolute atomic E-state index is 4.31. The van der Waals surface area contributed by atoms with Crippen molar-refractivity contribution in [3.8, 4) is 11.3 Å². The van der Waals surface area contributed by atoms with Crippen LogP contribution in [0.1, 0.15) is 5.56 Å². The molecule has 0 saturated heterocycles. The molecule has 0 aliphatic rings. The van der Waals surface area contributed by atoms with Gasteiger partial charge >= 0.3 is 0 Å². The van der Waals surface area contributed by atoms with Gasteiger partial charge in [0.15, 0.2) is 0 Å². The SMILES string of the molecule is C=Cc1cccnc1-c1cccnc1. The Morgan fingerprint density at radius 3 is 2.71 bits per heavy atom. The van der Waals surface area contributed by atoms with Gasteiger partial charge in [0.25, 0.3) is 0 Å². The summed E-state index contributed by atoms with van der Waals surface area (Å²) < 4.78 is 0. The van der Waals surface area contributed by atoms with Gasteiger partial charge in [0.2, 0.25) is 0 Å². The minimum absolute atomic E-state index is 0.926. The Morgan fingerprint density at radius 1 is 1.14 bits per heavy atom. The van der Waals surface area contributed by atoms with Gasteiger partial charge in [-0.2, -0.15) is 0 Å². The Kier molecular flexibility index (Phi) is 2.36. The third kappa shape index (κ3) is 1.55. The Balaban J connectivity index is 2.57. The summed E-state index contributed by atoms with van der Waals surface area (Å²) in [5.41, 5.74) is 2.97. The number of hydrogen-bond acceptors (Lipinski definition) is 2. The number of pyridine rings is 2. The number of hydrogen-bond donors (Lipinski definition) is 0. The summed E-state index contributed by atoms with van der Waals surface area (Å²) in [7, 11) is 0. The van der Waals surface area contributed by atoms with Crippen molar-refractivity contribution in [2.45, 2.75) is 0 Å². The molecule has 0 amide bonds. The van der Waals surface area contributed by atoms with Crippen LogP contribution in [0.25, 0.3) is 17.3 Å². The van der Waals surface area contributed by atoms with Crippen molar-refractivity contribution in [3.05, 3.63) is 55.0 Å². The van der Waals surface area contributed by atoms with Crippen molar-refractivity contribution in [2.24, 2.45) is 0 Å². The Morgan fingerprint density at radius 2 is 2.00 bits per heavy atom. The van der Waals surface area contributed by atoms with Crippen LogP contribution >= 0.6 is 0 Å². The van der Waals surface area contributed by atoms with E-state index in [1.807, 2.05) is 24.3 Å². The first kappa shape index (κ1) is 8.63. The first-order valence-electron chi connectivity index (χ1n) is 4.39. The molecule has 2 rings (SSSR count). The number of rotatable bonds is 2. The van der Waals surface area contributed by atoms with E-state index in [4.69, 9.17) is 0 Å². The maximum atomic E-state index is 4.31. The van der Waals surface area contributed by atoms with Crippen LogP contribution in [0.2, 0.25) is 0 Å².